The molecule has 0 spiro atoms. The molecule has 1 fully saturated rings. The zero-order valence-electron chi connectivity index (χ0n) is 7.35. The molecule has 0 N–H and O–H groups in total. The summed E-state index contributed by atoms with van der Waals surface area (Å²) in [6.07, 6.45) is 3.33. The fraction of sp³-hybridized carbons (Fsp3) is 0.700. The highest BCUT2D eigenvalue weighted by Gasteiger charge is 2.32. The van der Waals surface area contributed by atoms with Crippen LogP contribution in [0, 0.1) is 22.7 Å². The van der Waals surface area contributed by atoms with Crippen LogP contribution in [-0.2, 0) is 0 Å². The van der Waals surface area contributed by atoms with Gasteiger partial charge in [0.1, 0.15) is 0 Å². The molecule has 0 radical (unpaired) electrons. The lowest BCUT2D eigenvalue weighted by Gasteiger charge is -2.22. The molecule has 1 aliphatic carbocycles. The zero-order chi connectivity index (χ0) is 8.48. The average Bonchev–Trinajstić information content (AvgIpc) is 2.36. The Morgan fingerprint density at radius 2 is 2.27 bits per heavy atom. The van der Waals surface area contributed by atoms with Gasteiger partial charge in [0.15, 0.2) is 0 Å². The predicted octanol–water partition coefficient (Wildman–Crippen LogP) is 2.89. The third-order valence-corrected chi connectivity index (χ3v) is 2.69. The maximum atomic E-state index is 8.86. The Kier molecular flexibility index (Phi) is 2.04. The zero-order valence-corrected chi connectivity index (χ0v) is 7.35. The van der Waals surface area contributed by atoms with Crippen molar-refractivity contribution < 1.29 is 0 Å². The topological polar surface area (TPSA) is 23.8 Å². The standard InChI is InChI=1S/C10H15N/c1-8-4-5-9(6-8)10(2,3)7-11/h9H,1,4-6H2,2-3H3. The summed E-state index contributed by atoms with van der Waals surface area (Å²) in [5, 5.41) is 8.86. The minimum Gasteiger partial charge on any atom is -0.198 e. The van der Waals surface area contributed by atoms with E-state index in [1.165, 1.54) is 5.57 Å². The summed E-state index contributed by atoms with van der Waals surface area (Å²) in [6, 6.07) is 2.36. The molecule has 0 aromatic rings. The second kappa shape index (κ2) is 2.70. The van der Waals surface area contributed by atoms with Crippen molar-refractivity contribution in [3.63, 3.8) is 0 Å². The molecule has 0 saturated heterocycles. The molecule has 11 heavy (non-hydrogen) atoms. The highest BCUT2D eigenvalue weighted by Crippen LogP contribution is 2.40. The molecule has 0 bridgehead atoms. The highest BCUT2D eigenvalue weighted by atomic mass is 14.4. The number of nitrogens with zero attached hydrogens (tertiary/aromatic N) is 1. The van der Waals surface area contributed by atoms with Gasteiger partial charge in [0.25, 0.3) is 0 Å². The Morgan fingerprint density at radius 1 is 1.64 bits per heavy atom. The van der Waals surface area contributed by atoms with E-state index in [-0.39, 0.29) is 5.41 Å². The van der Waals surface area contributed by atoms with Crippen molar-refractivity contribution in [1.29, 1.82) is 5.26 Å². The minimum absolute atomic E-state index is 0.153. The Morgan fingerprint density at radius 3 is 2.64 bits per heavy atom. The van der Waals surface area contributed by atoms with E-state index in [9.17, 15) is 0 Å². The van der Waals surface area contributed by atoms with Crippen LogP contribution in [0.1, 0.15) is 33.1 Å². The molecule has 1 heteroatoms. The molecule has 0 aromatic heterocycles. The maximum absolute atomic E-state index is 8.86. The first-order chi connectivity index (χ1) is 5.06. The number of hydrogen-bond donors (Lipinski definition) is 0. The molecule has 1 nitrogen and oxygen atoms in total. The van der Waals surface area contributed by atoms with Crippen LogP contribution in [0.25, 0.3) is 0 Å². The largest absolute Gasteiger partial charge is 0.198 e. The van der Waals surface area contributed by atoms with Gasteiger partial charge in [0.05, 0.1) is 11.5 Å². The van der Waals surface area contributed by atoms with Crippen molar-refractivity contribution in [1.82, 2.24) is 0 Å². The molecule has 1 atom stereocenters. The number of allylic oxidation sites excluding steroid dienone is 1. The SMILES string of the molecule is C=C1CCC(C(C)(C)C#N)C1. The van der Waals surface area contributed by atoms with Crippen LogP contribution in [0.5, 0.6) is 0 Å². The van der Waals surface area contributed by atoms with Crippen LogP contribution < -0.4 is 0 Å². The van der Waals surface area contributed by atoms with Gasteiger partial charge in [0, 0.05) is 0 Å². The van der Waals surface area contributed by atoms with Crippen molar-refractivity contribution in [3.05, 3.63) is 12.2 Å². The molecule has 60 valence electrons. The van der Waals surface area contributed by atoms with Gasteiger partial charge in [-0.25, -0.2) is 0 Å². The molecule has 1 aliphatic rings. The number of hydrogen-bond acceptors (Lipinski definition) is 1. The number of nitriles is 1. The van der Waals surface area contributed by atoms with Crippen LogP contribution >= 0.6 is 0 Å². The second-order valence-electron chi connectivity index (χ2n) is 4.02. The summed E-state index contributed by atoms with van der Waals surface area (Å²) in [5.41, 5.74) is 1.16. The van der Waals surface area contributed by atoms with E-state index in [4.69, 9.17) is 5.26 Å². The van der Waals surface area contributed by atoms with Crippen LogP contribution in [-0.4, -0.2) is 0 Å². The summed E-state index contributed by atoms with van der Waals surface area (Å²) in [5.74, 6) is 0.542. The Balaban J connectivity index is 2.64. The minimum atomic E-state index is -0.153. The third-order valence-electron chi connectivity index (χ3n) is 2.69. The van der Waals surface area contributed by atoms with E-state index in [1.807, 2.05) is 13.8 Å². The first kappa shape index (κ1) is 8.33. The first-order valence-electron chi connectivity index (χ1n) is 4.14. The van der Waals surface area contributed by atoms with E-state index < -0.39 is 0 Å². The highest BCUT2D eigenvalue weighted by molar-refractivity contribution is 5.09. The van der Waals surface area contributed by atoms with E-state index in [2.05, 4.69) is 12.6 Å². The quantitative estimate of drug-likeness (QED) is 0.526. The van der Waals surface area contributed by atoms with Crippen molar-refractivity contribution in [2.24, 2.45) is 11.3 Å². The van der Waals surface area contributed by atoms with Gasteiger partial charge in [-0.05, 0) is 39.0 Å². The molecular weight excluding hydrogens is 134 g/mol. The Labute approximate surface area is 68.7 Å². The number of rotatable bonds is 1. The lowest BCUT2D eigenvalue weighted by Crippen LogP contribution is -2.18. The smallest absolute Gasteiger partial charge is 0.0686 e. The summed E-state index contributed by atoms with van der Waals surface area (Å²) in [6.45, 7) is 7.99. The lowest BCUT2D eigenvalue weighted by atomic mass is 9.79. The van der Waals surface area contributed by atoms with Crippen LogP contribution in [0.4, 0.5) is 0 Å². The lowest BCUT2D eigenvalue weighted by molar-refractivity contribution is 0.304. The van der Waals surface area contributed by atoms with Gasteiger partial charge in [-0.2, -0.15) is 5.26 Å². The van der Waals surface area contributed by atoms with Crippen LogP contribution in [0.3, 0.4) is 0 Å². The van der Waals surface area contributed by atoms with Crippen LogP contribution in [0.2, 0.25) is 0 Å². The Hall–Kier alpha value is -0.770. The summed E-state index contributed by atoms with van der Waals surface area (Å²) in [4.78, 5) is 0. The molecule has 1 rings (SSSR count). The third kappa shape index (κ3) is 1.63. The van der Waals surface area contributed by atoms with Crippen molar-refractivity contribution >= 4 is 0 Å². The Bertz CT molecular complexity index is 207. The maximum Gasteiger partial charge on any atom is 0.0686 e. The first-order valence-corrected chi connectivity index (χ1v) is 4.14. The van der Waals surface area contributed by atoms with Gasteiger partial charge < -0.3 is 0 Å². The van der Waals surface area contributed by atoms with Gasteiger partial charge in [-0.15, -0.1) is 0 Å². The van der Waals surface area contributed by atoms with Gasteiger partial charge in [-0.3, -0.25) is 0 Å². The fourth-order valence-electron chi connectivity index (χ4n) is 1.64. The summed E-state index contributed by atoms with van der Waals surface area (Å²) >= 11 is 0. The predicted molar refractivity (Wildman–Crippen MR) is 45.9 cm³/mol. The monoisotopic (exact) mass is 149 g/mol. The van der Waals surface area contributed by atoms with E-state index >= 15 is 0 Å². The van der Waals surface area contributed by atoms with Crippen molar-refractivity contribution in [2.45, 2.75) is 33.1 Å². The van der Waals surface area contributed by atoms with Gasteiger partial charge in [0.2, 0.25) is 0 Å². The van der Waals surface area contributed by atoms with Gasteiger partial charge >= 0.3 is 0 Å². The van der Waals surface area contributed by atoms with Crippen LogP contribution in [0.15, 0.2) is 12.2 Å². The molecular formula is C10H15N. The molecule has 1 saturated carbocycles. The van der Waals surface area contributed by atoms with Gasteiger partial charge in [-0.1, -0.05) is 12.2 Å². The van der Waals surface area contributed by atoms with E-state index in [0.29, 0.717) is 5.92 Å². The second-order valence-corrected chi connectivity index (χ2v) is 4.02. The molecule has 0 heterocycles. The summed E-state index contributed by atoms with van der Waals surface area (Å²) < 4.78 is 0. The molecule has 0 aliphatic heterocycles. The van der Waals surface area contributed by atoms with E-state index in [1.54, 1.807) is 0 Å². The van der Waals surface area contributed by atoms with Crippen molar-refractivity contribution in [2.75, 3.05) is 0 Å². The molecule has 0 amide bonds. The molecule has 0 aromatic carbocycles. The summed E-state index contributed by atoms with van der Waals surface area (Å²) in [7, 11) is 0. The fourth-order valence-corrected chi connectivity index (χ4v) is 1.64. The van der Waals surface area contributed by atoms with E-state index in [0.717, 1.165) is 19.3 Å². The normalized spacial score (nSPS) is 25.2. The van der Waals surface area contributed by atoms with Crippen molar-refractivity contribution in [3.8, 4) is 6.07 Å². The molecule has 1 unspecified atom stereocenters. The average molecular weight is 149 g/mol.